The van der Waals surface area contributed by atoms with Gasteiger partial charge in [0.1, 0.15) is 22.8 Å². The van der Waals surface area contributed by atoms with Crippen LogP contribution < -0.4 is 10.2 Å². The van der Waals surface area contributed by atoms with Crippen LogP contribution in [0.3, 0.4) is 0 Å². The normalized spacial score (nSPS) is 11.1. The van der Waals surface area contributed by atoms with Crippen molar-refractivity contribution in [1.29, 1.82) is 0 Å². The Hall–Kier alpha value is -4.23. The summed E-state index contributed by atoms with van der Waals surface area (Å²) in [5.41, 5.74) is 2.95. The summed E-state index contributed by atoms with van der Waals surface area (Å²) in [6.07, 6.45) is 0. The fourth-order valence-corrected chi connectivity index (χ4v) is 4.30. The molecule has 0 bridgehead atoms. The maximum absolute atomic E-state index is 14.3. The summed E-state index contributed by atoms with van der Waals surface area (Å²) in [5.74, 6) is -3.07. The number of hydrogen-bond acceptors (Lipinski definition) is 2. The van der Waals surface area contributed by atoms with Gasteiger partial charge in [0.05, 0.1) is 6.54 Å². The highest BCUT2D eigenvalue weighted by molar-refractivity contribution is 6.30. The van der Waals surface area contributed by atoms with Gasteiger partial charge in [0.15, 0.2) is 11.6 Å². The largest absolute Gasteiger partial charge is 0.458 e. The molecular formula is C29H20ClF3N2O2. The highest BCUT2D eigenvalue weighted by Gasteiger charge is 2.25. The molecule has 0 saturated carbocycles. The molecule has 1 heterocycles. The van der Waals surface area contributed by atoms with Crippen molar-refractivity contribution in [3.8, 4) is 11.1 Å². The zero-order valence-corrected chi connectivity index (χ0v) is 20.3. The van der Waals surface area contributed by atoms with Gasteiger partial charge in [0.25, 0.3) is 0 Å². The van der Waals surface area contributed by atoms with Gasteiger partial charge in [0, 0.05) is 33.8 Å². The van der Waals surface area contributed by atoms with Crippen LogP contribution in [0.1, 0.15) is 11.3 Å². The third kappa shape index (κ3) is 5.04. The van der Waals surface area contributed by atoms with Crippen molar-refractivity contribution in [1.82, 2.24) is 0 Å². The number of hydrogen-bond donors (Lipinski definition) is 1. The van der Waals surface area contributed by atoms with Crippen molar-refractivity contribution in [2.24, 2.45) is 0 Å². The van der Waals surface area contributed by atoms with Crippen LogP contribution in [-0.2, 0) is 6.54 Å². The van der Waals surface area contributed by atoms with Gasteiger partial charge in [-0.25, -0.2) is 18.0 Å². The highest BCUT2D eigenvalue weighted by atomic mass is 35.5. The molecule has 4 nitrogen and oxygen atoms in total. The van der Waals surface area contributed by atoms with E-state index >= 15 is 0 Å². The van der Waals surface area contributed by atoms with E-state index in [-0.39, 0.29) is 6.54 Å². The molecule has 0 aliphatic carbocycles. The van der Waals surface area contributed by atoms with E-state index in [0.717, 1.165) is 22.1 Å². The lowest BCUT2D eigenvalue weighted by molar-refractivity contribution is 0.256. The molecule has 0 aliphatic heterocycles. The van der Waals surface area contributed by atoms with Crippen LogP contribution in [0, 0.1) is 24.4 Å². The molecule has 37 heavy (non-hydrogen) atoms. The first-order chi connectivity index (χ1) is 17.8. The lowest BCUT2D eigenvalue weighted by atomic mass is 10.0. The van der Waals surface area contributed by atoms with Crippen molar-refractivity contribution in [2.75, 3.05) is 10.2 Å². The van der Waals surface area contributed by atoms with Crippen LogP contribution in [-0.4, -0.2) is 6.03 Å². The molecule has 4 aromatic carbocycles. The molecule has 0 atom stereocenters. The smallest absolute Gasteiger partial charge is 0.326 e. The number of benzene rings is 4. The van der Waals surface area contributed by atoms with Crippen molar-refractivity contribution >= 4 is 40.0 Å². The SMILES string of the molecule is Cc1ccc2oc(CN(C(=O)Nc3c(F)cc(F)cc3F)c3ccccc3)c(-c3ccc(Cl)cc3)c2c1. The fourth-order valence-electron chi connectivity index (χ4n) is 4.17. The zero-order valence-electron chi connectivity index (χ0n) is 19.6. The number of halogens is 4. The molecule has 2 amide bonds. The van der Waals surface area contributed by atoms with E-state index in [2.05, 4.69) is 5.32 Å². The maximum atomic E-state index is 14.3. The van der Waals surface area contributed by atoms with Gasteiger partial charge >= 0.3 is 6.03 Å². The number of nitrogens with one attached hydrogen (secondary N) is 1. The Balaban J connectivity index is 1.60. The number of nitrogens with zero attached hydrogens (tertiary/aromatic N) is 1. The fraction of sp³-hybridized carbons (Fsp3) is 0.0690. The topological polar surface area (TPSA) is 45.5 Å². The average Bonchev–Trinajstić information content (AvgIpc) is 3.22. The third-order valence-corrected chi connectivity index (χ3v) is 6.15. The van der Waals surface area contributed by atoms with Gasteiger partial charge in [-0.05, 0) is 48.9 Å². The van der Waals surface area contributed by atoms with E-state index in [4.69, 9.17) is 16.0 Å². The summed E-state index contributed by atoms with van der Waals surface area (Å²) in [5, 5.41) is 3.67. The number of para-hydroxylation sites is 1. The van der Waals surface area contributed by atoms with Crippen molar-refractivity contribution in [3.05, 3.63) is 119 Å². The second kappa shape index (κ2) is 10.0. The first-order valence-corrected chi connectivity index (χ1v) is 11.7. The summed E-state index contributed by atoms with van der Waals surface area (Å²) >= 11 is 6.11. The Morgan fingerprint density at radius 2 is 1.59 bits per heavy atom. The Morgan fingerprint density at radius 3 is 2.27 bits per heavy atom. The molecule has 0 saturated heterocycles. The molecule has 0 radical (unpaired) electrons. The molecular weight excluding hydrogens is 501 g/mol. The minimum Gasteiger partial charge on any atom is -0.458 e. The predicted octanol–water partition coefficient (Wildman–Crippen LogP) is 8.72. The van der Waals surface area contributed by atoms with Gasteiger partial charge in [-0.3, -0.25) is 4.90 Å². The number of carbonyl (C=O) groups excluding carboxylic acids is 1. The Bertz CT molecular complexity index is 1580. The first kappa shape index (κ1) is 24.5. The monoisotopic (exact) mass is 520 g/mol. The number of fused-ring (bicyclic) bond motifs is 1. The molecule has 0 spiro atoms. The summed E-state index contributed by atoms with van der Waals surface area (Å²) in [7, 11) is 0. The molecule has 0 unspecified atom stereocenters. The van der Waals surface area contributed by atoms with Crippen LogP contribution >= 0.6 is 11.6 Å². The standard InChI is InChI=1S/C29H20ClF3N2O2/c1-17-7-12-25-22(13-17)27(18-8-10-19(30)11-9-18)26(37-25)16-35(21-5-3-2-4-6-21)29(36)34-28-23(32)14-20(31)15-24(28)33/h2-15H,16H2,1H3,(H,34,36). The zero-order chi connectivity index (χ0) is 26.1. The van der Waals surface area contributed by atoms with Crippen LogP contribution in [0.15, 0.2) is 89.3 Å². The second-order valence-electron chi connectivity index (χ2n) is 8.50. The summed E-state index contributed by atoms with van der Waals surface area (Å²) < 4.78 is 48.2. The molecule has 186 valence electrons. The number of rotatable bonds is 5. The molecule has 5 aromatic rings. The molecule has 0 fully saturated rings. The van der Waals surface area contributed by atoms with E-state index < -0.39 is 29.2 Å². The third-order valence-electron chi connectivity index (χ3n) is 5.90. The summed E-state index contributed by atoms with van der Waals surface area (Å²) in [4.78, 5) is 14.7. The molecule has 5 rings (SSSR count). The van der Waals surface area contributed by atoms with E-state index in [1.54, 1.807) is 42.5 Å². The number of aryl methyl sites for hydroxylation is 1. The number of amides is 2. The minimum absolute atomic E-state index is 0.0635. The molecule has 8 heteroatoms. The Morgan fingerprint density at radius 1 is 0.919 bits per heavy atom. The van der Waals surface area contributed by atoms with Gasteiger partial charge in [-0.2, -0.15) is 0 Å². The van der Waals surface area contributed by atoms with Gasteiger partial charge in [-0.15, -0.1) is 0 Å². The number of carbonyl (C=O) groups is 1. The molecule has 0 aliphatic rings. The van der Waals surface area contributed by atoms with Crippen molar-refractivity contribution in [2.45, 2.75) is 13.5 Å². The van der Waals surface area contributed by atoms with Crippen molar-refractivity contribution < 1.29 is 22.4 Å². The molecule has 1 N–H and O–H groups in total. The van der Waals surface area contributed by atoms with Gasteiger partial charge in [0.2, 0.25) is 0 Å². The van der Waals surface area contributed by atoms with E-state index in [9.17, 15) is 18.0 Å². The van der Waals surface area contributed by atoms with Crippen LogP contribution in [0.25, 0.3) is 22.1 Å². The highest BCUT2D eigenvalue weighted by Crippen LogP contribution is 2.37. The quantitative estimate of drug-likeness (QED) is 0.252. The number of urea groups is 1. The minimum atomic E-state index is -1.22. The van der Waals surface area contributed by atoms with E-state index in [1.807, 2.05) is 37.3 Å². The lowest BCUT2D eigenvalue weighted by Crippen LogP contribution is -2.35. The maximum Gasteiger partial charge on any atom is 0.326 e. The second-order valence-corrected chi connectivity index (χ2v) is 8.94. The van der Waals surface area contributed by atoms with Crippen molar-refractivity contribution in [3.63, 3.8) is 0 Å². The van der Waals surface area contributed by atoms with Gasteiger partial charge in [-0.1, -0.05) is 53.6 Å². The lowest BCUT2D eigenvalue weighted by Gasteiger charge is -2.23. The average molecular weight is 521 g/mol. The van der Waals surface area contributed by atoms with Crippen LogP contribution in [0.5, 0.6) is 0 Å². The van der Waals surface area contributed by atoms with E-state index in [1.165, 1.54) is 4.90 Å². The van der Waals surface area contributed by atoms with E-state index in [0.29, 0.717) is 34.2 Å². The van der Waals surface area contributed by atoms with Crippen LogP contribution in [0.4, 0.5) is 29.3 Å². The Labute approximate surface area is 215 Å². The van der Waals surface area contributed by atoms with Crippen LogP contribution in [0.2, 0.25) is 5.02 Å². The number of anilines is 2. The predicted molar refractivity (Wildman–Crippen MR) is 139 cm³/mol. The van der Waals surface area contributed by atoms with Gasteiger partial charge < -0.3 is 9.73 Å². The Kier molecular flexibility index (Phi) is 6.63. The number of furan rings is 1. The summed E-state index contributed by atoms with van der Waals surface area (Å²) in [6, 6.07) is 21.8. The summed E-state index contributed by atoms with van der Waals surface area (Å²) in [6.45, 7) is 1.90. The first-order valence-electron chi connectivity index (χ1n) is 11.4. The molecule has 1 aromatic heterocycles.